The summed E-state index contributed by atoms with van der Waals surface area (Å²) in [5, 5.41) is 0. The standard InChI is InChI=1S/C14H16O3S.Na.H/c1-9(2)11-5-4-6-12-10(3)7-14(13(12)8-11)18(15,16)17;;/h4-9H,1-3H3,(H,15,16,17);;. The van der Waals surface area contributed by atoms with E-state index in [-0.39, 0.29) is 34.5 Å². The van der Waals surface area contributed by atoms with E-state index in [2.05, 4.69) is 0 Å². The molecule has 0 aromatic heterocycles. The van der Waals surface area contributed by atoms with Gasteiger partial charge in [0.1, 0.15) is 4.90 Å². The molecule has 0 unspecified atom stereocenters. The van der Waals surface area contributed by atoms with Crippen molar-refractivity contribution in [3.05, 3.63) is 41.5 Å². The molecule has 0 heterocycles. The Morgan fingerprint density at radius 2 is 1.74 bits per heavy atom. The first kappa shape index (κ1) is 16.7. The van der Waals surface area contributed by atoms with Gasteiger partial charge in [-0.05, 0) is 41.7 Å². The van der Waals surface area contributed by atoms with Crippen LogP contribution in [0.3, 0.4) is 0 Å². The fourth-order valence-electron chi connectivity index (χ4n) is 2.11. The number of fused-ring (bicyclic) bond motifs is 1. The van der Waals surface area contributed by atoms with E-state index in [0.717, 1.165) is 16.7 Å². The molecule has 0 saturated heterocycles. The molecule has 0 radical (unpaired) electrons. The summed E-state index contributed by atoms with van der Waals surface area (Å²) in [6.45, 7) is 5.93. The van der Waals surface area contributed by atoms with Gasteiger partial charge < -0.3 is 0 Å². The van der Waals surface area contributed by atoms with Gasteiger partial charge in [-0.25, -0.2) is 0 Å². The van der Waals surface area contributed by atoms with E-state index in [9.17, 15) is 13.0 Å². The van der Waals surface area contributed by atoms with Crippen molar-refractivity contribution in [1.29, 1.82) is 0 Å². The van der Waals surface area contributed by atoms with Gasteiger partial charge in [0.15, 0.2) is 0 Å². The summed E-state index contributed by atoms with van der Waals surface area (Å²) >= 11 is 0. The Balaban J connectivity index is 0.00000180. The van der Waals surface area contributed by atoms with E-state index in [4.69, 9.17) is 0 Å². The first-order valence-corrected chi connectivity index (χ1v) is 7.25. The van der Waals surface area contributed by atoms with Gasteiger partial charge in [-0.2, -0.15) is 8.42 Å². The third kappa shape index (κ3) is 3.38. The van der Waals surface area contributed by atoms with Crippen molar-refractivity contribution >= 4 is 39.7 Å². The maximum atomic E-state index is 11.4. The van der Waals surface area contributed by atoms with Crippen molar-refractivity contribution in [3.63, 3.8) is 0 Å². The Hall–Kier alpha value is -0.390. The van der Waals surface area contributed by atoms with Gasteiger partial charge in [-0.1, -0.05) is 32.0 Å². The average molecular weight is 288 g/mol. The second-order valence-electron chi connectivity index (χ2n) is 4.82. The Kier molecular flexibility index (Phi) is 5.21. The van der Waals surface area contributed by atoms with E-state index in [1.165, 1.54) is 6.07 Å². The van der Waals surface area contributed by atoms with Gasteiger partial charge in [0.2, 0.25) is 0 Å². The van der Waals surface area contributed by atoms with Gasteiger partial charge in [0.05, 0.1) is 0 Å². The van der Waals surface area contributed by atoms with Crippen LogP contribution < -0.4 is 0 Å². The Morgan fingerprint density at radius 1 is 1.11 bits per heavy atom. The summed E-state index contributed by atoms with van der Waals surface area (Å²) in [7, 11) is -4.18. The van der Waals surface area contributed by atoms with Crippen molar-refractivity contribution in [2.75, 3.05) is 0 Å². The molecule has 0 bridgehead atoms. The van der Waals surface area contributed by atoms with Crippen LogP contribution in [0.2, 0.25) is 0 Å². The van der Waals surface area contributed by atoms with Crippen molar-refractivity contribution in [2.24, 2.45) is 0 Å². The van der Waals surface area contributed by atoms with Crippen molar-refractivity contribution < 1.29 is 13.0 Å². The quantitative estimate of drug-likeness (QED) is 0.683. The van der Waals surface area contributed by atoms with Crippen molar-refractivity contribution in [3.8, 4) is 11.1 Å². The summed E-state index contributed by atoms with van der Waals surface area (Å²) in [6, 6.07) is 9.13. The van der Waals surface area contributed by atoms with Crippen LogP contribution in [0.4, 0.5) is 0 Å². The zero-order chi connectivity index (χ0) is 13.5. The summed E-state index contributed by atoms with van der Waals surface area (Å²) in [5.41, 5.74) is 3.34. The Labute approximate surface area is 136 Å². The molecule has 1 N–H and O–H groups in total. The first-order chi connectivity index (χ1) is 8.30. The van der Waals surface area contributed by atoms with Gasteiger partial charge in [-0.15, -0.1) is 0 Å². The molecule has 0 spiro atoms. The van der Waals surface area contributed by atoms with Gasteiger partial charge in [0.25, 0.3) is 10.1 Å². The maximum absolute atomic E-state index is 11.4. The number of aryl methyl sites for hydroxylation is 1. The summed E-state index contributed by atoms with van der Waals surface area (Å²) in [4.78, 5) is -0.00639. The van der Waals surface area contributed by atoms with Crippen LogP contribution in [0.1, 0.15) is 30.9 Å². The zero-order valence-corrected chi connectivity index (χ0v) is 11.5. The van der Waals surface area contributed by atoms with E-state index in [0.29, 0.717) is 11.5 Å². The van der Waals surface area contributed by atoms with Crippen LogP contribution in [0.5, 0.6) is 0 Å². The molecular formula is C14H17NaO3S. The Bertz CT molecular complexity index is 663. The molecule has 0 aliphatic heterocycles. The average Bonchev–Trinajstić information content (AvgIpc) is 2.47. The molecule has 98 valence electrons. The second-order valence-corrected chi connectivity index (χ2v) is 6.21. The molecule has 0 saturated carbocycles. The zero-order valence-electron chi connectivity index (χ0n) is 10.6. The third-order valence-corrected chi connectivity index (χ3v) is 4.03. The van der Waals surface area contributed by atoms with Gasteiger partial charge >= 0.3 is 29.6 Å². The predicted octanol–water partition coefficient (Wildman–Crippen LogP) is 2.82. The first-order valence-electron chi connectivity index (χ1n) is 5.81. The predicted molar refractivity (Wildman–Crippen MR) is 78.9 cm³/mol. The minimum atomic E-state index is -4.18. The van der Waals surface area contributed by atoms with Crippen LogP contribution in [0.25, 0.3) is 11.1 Å². The molecule has 3 nitrogen and oxygen atoms in total. The van der Waals surface area contributed by atoms with E-state index >= 15 is 0 Å². The molecule has 2 rings (SSSR count). The third-order valence-electron chi connectivity index (χ3n) is 3.14. The molecule has 0 aromatic carbocycles. The summed E-state index contributed by atoms with van der Waals surface area (Å²) in [5.74, 6) is 0.296. The van der Waals surface area contributed by atoms with Crippen molar-refractivity contribution in [1.82, 2.24) is 0 Å². The van der Waals surface area contributed by atoms with Crippen LogP contribution in [0, 0.1) is 6.92 Å². The van der Waals surface area contributed by atoms with E-state index in [1.807, 2.05) is 45.0 Å². The number of rotatable bonds is 2. The van der Waals surface area contributed by atoms with Crippen molar-refractivity contribution in [2.45, 2.75) is 31.6 Å². The van der Waals surface area contributed by atoms with Crippen LogP contribution >= 0.6 is 0 Å². The normalized spacial score (nSPS) is 11.6. The molecular weight excluding hydrogens is 271 g/mol. The molecule has 19 heavy (non-hydrogen) atoms. The molecule has 2 aliphatic rings. The SMILES string of the molecule is Cc1cc(S(=O)(=O)O)c2cc(C(C)C)cccc1-2.[NaH]. The second kappa shape index (κ2) is 5.94. The Morgan fingerprint density at radius 3 is 2.26 bits per heavy atom. The molecule has 0 atom stereocenters. The van der Waals surface area contributed by atoms with Crippen LogP contribution in [-0.4, -0.2) is 42.5 Å². The summed E-state index contributed by atoms with van der Waals surface area (Å²) in [6.07, 6.45) is 0. The monoisotopic (exact) mass is 288 g/mol. The van der Waals surface area contributed by atoms with E-state index in [1.54, 1.807) is 0 Å². The molecule has 0 aromatic rings. The summed E-state index contributed by atoms with van der Waals surface area (Å²) < 4.78 is 32.1. The number of hydrogen-bond donors (Lipinski definition) is 1. The van der Waals surface area contributed by atoms with E-state index < -0.39 is 10.1 Å². The molecule has 0 amide bonds. The minimum absolute atomic E-state index is 0. The van der Waals surface area contributed by atoms with Crippen LogP contribution in [-0.2, 0) is 10.1 Å². The fraction of sp³-hybridized carbons (Fsp3) is 0.286. The molecule has 5 heteroatoms. The molecule has 0 fully saturated rings. The number of hydrogen-bond acceptors (Lipinski definition) is 2. The van der Waals surface area contributed by atoms with Gasteiger partial charge in [0, 0.05) is 5.56 Å². The van der Waals surface area contributed by atoms with Crippen LogP contribution in [0.15, 0.2) is 35.2 Å². The fourth-order valence-corrected chi connectivity index (χ4v) is 2.88. The topological polar surface area (TPSA) is 54.4 Å². The molecule has 2 aliphatic carbocycles. The van der Waals surface area contributed by atoms with Gasteiger partial charge in [-0.3, -0.25) is 4.55 Å².